The molecule has 0 radical (unpaired) electrons. The molecule has 0 amide bonds. The fourth-order valence-electron chi connectivity index (χ4n) is 2.88. The molecule has 0 N–H and O–H groups in total. The van der Waals surface area contributed by atoms with Gasteiger partial charge >= 0.3 is 5.97 Å². The summed E-state index contributed by atoms with van der Waals surface area (Å²) in [6.07, 6.45) is 9.09. The molecule has 0 unspecified atom stereocenters. The smallest absolute Gasteiger partial charge is 0.310 e. The van der Waals surface area contributed by atoms with Gasteiger partial charge in [-0.1, -0.05) is 28.4 Å². The molecule has 1 rings (SSSR count). The average molecular weight is 556 g/mol. The van der Waals surface area contributed by atoms with E-state index in [1.165, 1.54) is 22.3 Å². The molecule has 0 saturated carbocycles. The van der Waals surface area contributed by atoms with Gasteiger partial charge in [0.2, 0.25) is 0 Å². The minimum absolute atomic E-state index is 0.232. The minimum Gasteiger partial charge on any atom is -0.487 e. The van der Waals surface area contributed by atoms with Gasteiger partial charge in [0.05, 0.1) is 22.0 Å². The number of carbonyl (C=O) groups is 1. The number of halogens is 2. The van der Waals surface area contributed by atoms with E-state index in [1.54, 1.807) is 6.92 Å². The van der Waals surface area contributed by atoms with Gasteiger partial charge in [0.1, 0.15) is 12.4 Å². The van der Waals surface area contributed by atoms with Crippen molar-refractivity contribution in [1.82, 2.24) is 0 Å². The Bertz CT molecular complexity index is 808. The molecule has 0 heterocycles. The zero-order valence-corrected chi connectivity index (χ0v) is 22.9. The maximum absolute atomic E-state index is 11.7. The van der Waals surface area contributed by atoms with Gasteiger partial charge < -0.3 is 9.47 Å². The van der Waals surface area contributed by atoms with E-state index < -0.39 is 0 Å². The lowest BCUT2D eigenvalue weighted by atomic mass is 10.0. The number of benzene rings is 1. The molecule has 172 valence electrons. The van der Waals surface area contributed by atoms with Crippen molar-refractivity contribution in [3.63, 3.8) is 0 Å². The molecule has 0 bridgehead atoms. The third-order valence-electron chi connectivity index (χ3n) is 5.15. The molecule has 5 heteroatoms. The molecule has 0 fully saturated rings. The summed E-state index contributed by atoms with van der Waals surface area (Å²) >= 11 is 7.09. The molecule has 0 spiro atoms. The summed E-state index contributed by atoms with van der Waals surface area (Å²) in [6, 6.07) is 3.80. The van der Waals surface area contributed by atoms with Crippen LogP contribution in [0.25, 0.3) is 0 Å². The Balaban J connectivity index is 2.53. The topological polar surface area (TPSA) is 35.5 Å². The SMILES string of the molecule is CCOC(=O)Cc1cc(Br)c(OC/C=C(/C)CC/C=C(\C)CCC(C)=C(C)C)c(Br)c1. The number of allylic oxidation sites excluding steroid dienone is 5. The highest BCUT2D eigenvalue weighted by Crippen LogP contribution is 2.35. The number of rotatable bonds is 12. The first-order chi connectivity index (χ1) is 14.6. The second-order valence-corrected chi connectivity index (χ2v) is 9.81. The first kappa shape index (κ1) is 27.7. The zero-order chi connectivity index (χ0) is 23.4. The van der Waals surface area contributed by atoms with Crippen molar-refractivity contribution in [2.75, 3.05) is 13.2 Å². The van der Waals surface area contributed by atoms with E-state index in [0.717, 1.165) is 45.9 Å². The Hall–Kier alpha value is -1.33. The van der Waals surface area contributed by atoms with Crippen LogP contribution in [0.4, 0.5) is 0 Å². The van der Waals surface area contributed by atoms with E-state index in [4.69, 9.17) is 9.47 Å². The largest absolute Gasteiger partial charge is 0.487 e. The maximum atomic E-state index is 11.7. The fourth-order valence-corrected chi connectivity index (χ4v) is 4.39. The molecule has 1 aromatic rings. The molecule has 3 nitrogen and oxygen atoms in total. The first-order valence-electron chi connectivity index (χ1n) is 10.8. The third-order valence-corrected chi connectivity index (χ3v) is 6.33. The number of carbonyl (C=O) groups excluding carboxylic acids is 1. The van der Waals surface area contributed by atoms with Crippen LogP contribution in [-0.4, -0.2) is 19.2 Å². The Kier molecular flexibility index (Phi) is 13.1. The fraction of sp³-hybridized carbons (Fsp3) is 0.500. The van der Waals surface area contributed by atoms with Crippen molar-refractivity contribution in [2.45, 2.75) is 73.6 Å². The van der Waals surface area contributed by atoms with Crippen LogP contribution in [0, 0.1) is 0 Å². The van der Waals surface area contributed by atoms with Crippen LogP contribution in [0.5, 0.6) is 5.75 Å². The van der Waals surface area contributed by atoms with Gasteiger partial charge in [0, 0.05) is 0 Å². The second kappa shape index (κ2) is 14.7. The summed E-state index contributed by atoms with van der Waals surface area (Å²) in [5.74, 6) is 0.506. The molecule has 1 aromatic carbocycles. The Morgan fingerprint density at radius 3 is 2.13 bits per heavy atom. The molecule has 0 aromatic heterocycles. The Labute approximate surface area is 205 Å². The lowest BCUT2D eigenvalue weighted by molar-refractivity contribution is -0.142. The van der Waals surface area contributed by atoms with Gasteiger partial charge in [-0.05, 0) is 123 Å². The van der Waals surface area contributed by atoms with Gasteiger partial charge in [0.15, 0.2) is 0 Å². The summed E-state index contributed by atoms with van der Waals surface area (Å²) in [5, 5.41) is 0. The molecule has 31 heavy (non-hydrogen) atoms. The van der Waals surface area contributed by atoms with Crippen LogP contribution < -0.4 is 4.74 Å². The van der Waals surface area contributed by atoms with Gasteiger partial charge in [0.25, 0.3) is 0 Å². The molecule has 0 aliphatic heterocycles. The zero-order valence-electron chi connectivity index (χ0n) is 19.7. The van der Waals surface area contributed by atoms with Crippen LogP contribution in [0.1, 0.15) is 72.8 Å². The quantitative estimate of drug-likeness (QED) is 0.191. The highest BCUT2D eigenvalue weighted by molar-refractivity contribution is 9.11. The Morgan fingerprint density at radius 1 is 0.935 bits per heavy atom. The van der Waals surface area contributed by atoms with E-state index in [2.05, 4.69) is 78.6 Å². The Morgan fingerprint density at radius 2 is 1.55 bits per heavy atom. The first-order valence-corrected chi connectivity index (χ1v) is 12.4. The van der Waals surface area contributed by atoms with Crippen molar-refractivity contribution in [3.8, 4) is 5.75 Å². The molecular weight excluding hydrogens is 520 g/mol. The van der Waals surface area contributed by atoms with Gasteiger partial charge in [-0.25, -0.2) is 0 Å². The highest BCUT2D eigenvalue weighted by Gasteiger charge is 2.12. The van der Waals surface area contributed by atoms with Crippen LogP contribution >= 0.6 is 31.9 Å². The number of esters is 1. The number of hydrogen-bond acceptors (Lipinski definition) is 3. The summed E-state index contributed by atoms with van der Waals surface area (Å²) < 4.78 is 12.6. The van der Waals surface area contributed by atoms with Crippen molar-refractivity contribution < 1.29 is 14.3 Å². The monoisotopic (exact) mass is 554 g/mol. The summed E-state index contributed by atoms with van der Waals surface area (Å²) in [6.45, 7) is 13.6. The second-order valence-electron chi connectivity index (χ2n) is 8.10. The van der Waals surface area contributed by atoms with Crippen molar-refractivity contribution in [3.05, 3.63) is 61.1 Å². The third kappa shape index (κ3) is 11.2. The predicted octanol–water partition coefficient (Wildman–Crippen LogP) is 8.51. The van der Waals surface area contributed by atoms with Crippen molar-refractivity contribution >= 4 is 37.8 Å². The van der Waals surface area contributed by atoms with E-state index in [-0.39, 0.29) is 12.4 Å². The standard InChI is InChI=1S/C26H36Br2O3/c1-7-30-25(29)17-22-15-23(27)26(24(28)16-22)31-14-13-20(5)10-8-9-19(4)11-12-21(6)18(2)3/h9,13,15-16H,7-8,10-12,14,17H2,1-6H3/b19-9+,20-13-. The van der Waals surface area contributed by atoms with Gasteiger partial charge in [-0.2, -0.15) is 0 Å². The highest BCUT2D eigenvalue weighted by atomic mass is 79.9. The van der Waals surface area contributed by atoms with Gasteiger partial charge in [-0.3, -0.25) is 4.79 Å². The predicted molar refractivity (Wildman–Crippen MR) is 138 cm³/mol. The van der Waals surface area contributed by atoms with Crippen molar-refractivity contribution in [2.24, 2.45) is 0 Å². The van der Waals surface area contributed by atoms with Crippen molar-refractivity contribution in [1.29, 1.82) is 0 Å². The number of ether oxygens (including phenoxy) is 2. The van der Waals surface area contributed by atoms with E-state index >= 15 is 0 Å². The molecule has 0 saturated heterocycles. The maximum Gasteiger partial charge on any atom is 0.310 e. The normalized spacial score (nSPS) is 12.0. The summed E-state index contributed by atoms with van der Waals surface area (Å²) in [5.41, 5.74) is 6.57. The molecular formula is C26H36Br2O3. The minimum atomic E-state index is -0.232. The van der Waals surface area contributed by atoms with E-state index in [1.807, 2.05) is 12.1 Å². The van der Waals surface area contributed by atoms with E-state index in [9.17, 15) is 4.79 Å². The van der Waals surface area contributed by atoms with Crippen LogP contribution in [-0.2, 0) is 16.0 Å². The molecule has 0 aliphatic carbocycles. The summed E-state index contributed by atoms with van der Waals surface area (Å²) in [7, 11) is 0. The lowest BCUT2D eigenvalue weighted by Crippen LogP contribution is -2.07. The van der Waals surface area contributed by atoms with Crippen LogP contribution in [0.3, 0.4) is 0 Å². The van der Waals surface area contributed by atoms with E-state index in [0.29, 0.717) is 13.2 Å². The molecule has 0 atom stereocenters. The van der Waals surface area contributed by atoms with Crippen LogP contribution in [0.2, 0.25) is 0 Å². The number of hydrogen-bond donors (Lipinski definition) is 0. The van der Waals surface area contributed by atoms with Crippen LogP contribution in [0.15, 0.2) is 55.5 Å². The van der Waals surface area contributed by atoms with Gasteiger partial charge in [-0.15, -0.1) is 0 Å². The lowest BCUT2D eigenvalue weighted by Gasteiger charge is -2.11. The summed E-state index contributed by atoms with van der Waals surface area (Å²) in [4.78, 5) is 11.7. The average Bonchev–Trinajstić information content (AvgIpc) is 2.68. The molecule has 0 aliphatic rings.